The fraction of sp³-hybridized carbons (Fsp3) is 0.762. The van der Waals surface area contributed by atoms with Crippen LogP contribution in [0.15, 0.2) is 24.8 Å². The Bertz CT molecular complexity index is 342. The highest BCUT2D eigenvalue weighted by Gasteiger charge is 2.17. The maximum absolute atomic E-state index is 11.6. The highest BCUT2D eigenvalue weighted by atomic mass is 28.2. The van der Waals surface area contributed by atoms with Gasteiger partial charge >= 0.3 is 5.97 Å². The molecule has 0 aliphatic rings. The summed E-state index contributed by atoms with van der Waals surface area (Å²) in [5.74, 6) is -0.217. The third-order valence-electron chi connectivity index (χ3n) is 4.36. The van der Waals surface area contributed by atoms with Gasteiger partial charge in [-0.1, -0.05) is 76.5 Å². The van der Waals surface area contributed by atoms with Gasteiger partial charge in [-0.05, 0) is 32.1 Å². The molecule has 1 unspecified atom stereocenters. The molecule has 0 fully saturated rings. The molecule has 0 aromatic rings. The third kappa shape index (κ3) is 16.3. The zero-order valence-corrected chi connectivity index (χ0v) is 18.6. The summed E-state index contributed by atoms with van der Waals surface area (Å²) >= 11 is 0. The number of rotatable bonds is 18. The summed E-state index contributed by atoms with van der Waals surface area (Å²) in [6.07, 6.45) is 21.9. The summed E-state index contributed by atoms with van der Waals surface area (Å²) < 4.78 is 10.4. The zero-order chi connectivity index (χ0) is 18.6. The fourth-order valence-corrected chi connectivity index (χ4v) is 3.07. The summed E-state index contributed by atoms with van der Waals surface area (Å²) in [6.45, 7) is 6.29. The highest BCUT2D eigenvalue weighted by Crippen LogP contribution is 2.12. The predicted molar refractivity (Wildman–Crippen MR) is 111 cm³/mol. The summed E-state index contributed by atoms with van der Waals surface area (Å²) in [7, 11) is 0.428. The monoisotopic (exact) mass is 368 g/mol. The molecule has 0 heterocycles. The molecule has 0 spiro atoms. The summed E-state index contributed by atoms with van der Waals surface area (Å²) in [4.78, 5) is 11.6. The first kappa shape index (κ1) is 24.1. The second kappa shape index (κ2) is 19.5. The van der Waals surface area contributed by atoms with Gasteiger partial charge in [-0.3, -0.25) is 4.79 Å². The largest absolute Gasteiger partial charge is 0.527 e. The van der Waals surface area contributed by atoms with Crippen LogP contribution in [0.1, 0.15) is 90.4 Å². The lowest BCUT2D eigenvalue weighted by atomic mass is 10.1. The maximum Gasteiger partial charge on any atom is 0.321 e. The lowest BCUT2D eigenvalue weighted by Crippen LogP contribution is -2.26. The minimum atomic E-state index is -0.410. The van der Waals surface area contributed by atoms with Crippen molar-refractivity contribution in [1.29, 1.82) is 0 Å². The van der Waals surface area contributed by atoms with Crippen LogP contribution in [0.5, 0.6) is 0 Å². The van der Waals surface area contributed by atoms with Crippen molar-refractivity contribution < 1.29 is 14.0 Å². The van der Waals surface area contributed by atoms with E-state index < -0.39 is 6.10 Å². The average molecular weight is 369 g/mol. The van der Waals surface area contributed by atoms with Crippen LogP contribution in [0.2, 0.25) is 0 Å². The molecule has 3 nitrogen and oxygen atoms in total. The molecule has 0 N–H and O–H groups in total. The topological polar surface area (TPSA) is 35.5 Å². The highest BCUT2D eigenvalue weighted by molar-refractivity contribution is 6.06. The van der Waals surface area contributed by atoms with E-state index in [0.717, 1.165) is 19.3 Å². The van der Waals surface area contributed by atoms with Crippen molar-refractivity contribution >= 4 is 16.5 Å². The number of allylic oxidation sites excluding steroid dienone is 2. The van der Waals surface area contributed by atoms with E-state index in [4.69, 9.17) is 9.16 Å². The van der Waals surface area contributed by atoms with Crippen molar-refractivity contribution in [1.82, 2.24) is 0 Å². The van der Waals surface area contributed by atoms with Gasteiger partial charge in [0, 0.05) is 0 Å². The molecule has 0 aromatic heterocycles. The Labute approximate surface area is 158 Å². The van der Waals surface area contributed by atoms with E-state index in [1.165, 1.54) is 64.2 Å². The van der Waals surface area contributed by atoms with Crippen molar-refractivity contribution in [3.05, 3.63) is 24.8 Å². The van der Waals surface area contributed by atoms with Gasteiger partial charge in [0.15, 0.2) is 6.10 Å². The molecule has 0 bridgehead atoms. The molecule has 1 atom stereocenters. The third-order valence-corrected chi connectivity index (χ3v) is 4.76. The van der Waals surface area contributed by atoms with E-state index in [1.807, 2.05) is 0 Å². The summed E-state index contributed by atoms with van der Waals surface area (Å²) in [5, 5.41) is 0. The molecular formula is C21H40O3Si. The molecule has 0 aliphatic heterocycles. The standard InChI is InChI=1S/C21H40O3Si/c1-3-5-6-7-8-9-10-11-12-13-14-15-16-17-18-20(21(22)24-25)23-19-4-2/h4,11-12,20H,2-3,5-10,13-19H2,1,25H3. The first-order valence-electron chi connectivity index (χ1n) is 10.2. The number of carbonyl (C=O) groups excluding carboxylic acids is 1. The minimum absolute atomic E-state index is 0.217. The van der Waals surface area contributed by atoms with Crippen molar-refractivity contribution in [3.8, 4) is 0 Å². The van der Waals surface area contributed by atoms with Crippen molar-refractivity contribution in [2.75, 3.05) is 6.61 Å². The predicted octanol–water partition coefficient (Wildman–Crippen LogP) is 5.03. The van der Waals surface area contributed by atoms with E-state index in [2.05, 4.69) is 25.7 Å². The van der Waals surface area contributed by atoms with Gasteiger partial charge in [0.25, 0.3) is 0 Å². The number of hydrogen-bond acceptors (Lipinski definition) is 3. The molecule has 146 valence electrons. The smallest absolute Gasteiger partial charge is 0.321 e. The van der Waals surface area contributed by atoms with Crippen molar-refractivity contribution in [2.24, 2.45) is 0 Å². The zero-order valence-electron chi connectivity index (χ0n) is 16.6. The van der Waals surface area contributed by atoms with E-state index in [0.29, 0.717) is 17.1 Å². The van der Waals surface area contributed by atoms with Crippen LogP contribution in [0.4, 0.5) is 0 Å². The van der Waals surface area contributed by atoms with E-state index in [-0.39, 0.29) is 5.97 Å². The number of unbranched alkanes of at least 4 members (excludes halogenated alkanes) is 10. The quantitative estimate of drug-likeness (QED) is 0.193. The molecule has 0 radical (unpaired) electrons. The Balaban J connectivity index is 3.48. The summed E-state index contributed by atoms with van der Waals surface area (Å²) in [6, 6.07) is 0. The Morgan fingerprint density at radius 2 is 1.52 bits per heavy atom. The van der Waals surface area contributed by atoms with Crippen LogP contribution < -0.4 is 0 Å². The first-order valence-corrected chi connectivity index (χ1v) is 11.0. The van der Waals surface area contributed by atoms with Gasteiger partial charge in [0.2, 0.25) is 10.5 Å². The van der Waals surface area contributed by atoms with E-state index in [1.54, 1.807) is 6.08 Å². The Morgan fingerprint density at radius 3 is 2.08 bits per heavy atom. The molecule has 0 saturated carbocycles. The fourth-order valence-electron chi connectivity index (χ4n) is 2.81. The van der Waals surface area contributed by atoms with Crippen LogP contribution >= 0.6 is 0 Å². The minimum Gasteiger partial charge on any atom is -0.527 e. The SMILES string of the molecule is C=CCOC(CCCCCCC=CCCCCCCCC)C(=O)O[SiH3]. The van der Waals surface area contributed by atoms with Gasteiger partial charge < -0.3 is 9.16 Å². The molecule has 0 aliphatic carbocycles. The average Bonchev–Trinajstić information content (AvgIpc) is 2.63. The molecule has 4 heteroatoms. The number of ether oxygens (including phenoxy) is 1. The summed E-state index contributed by atoms with van der Waals surface area (Å²) in [5.41, 5.74) is 0. The first-order chi connectivity index (χ1) is 12.3. The second-order valence-electron chi connectivity index (χ2n) is 6.65. The lowest BCUT2D eigenvalue weighted by Gasteiger charge is -2.14. The van der Waals surface area contributed by atoms with Crippen molar-refractivity contribution in [2.45, 2.75) is 96.5 Å². The van der Waals surface area contributed by atoms with Crippen LogP contribution in [0.25, 0.3) is 0 Å². The van der Waals surface area contributed by atoms with Gasteiger partial charge in [-0.25, -0.2) is 0 Å². The van der Waals surface area contributed by atoms with Crippen LogP contribution in [0.3, 0.4) is 0 Å². The molecule has 0 rings (SSSR count). The Hall–Kier alpha value is -0.873. The van der Waals surface area contributed by atoms with Crippen LogP contribution in [-0.4, -0.2) is 29.2 Å². The van der Waals surface area contributed by atoms with Gasteiger partial charge in [0.1, 0.15) is 0 Å². The normalized spacial score (nSPS) is 12.5. The van der Waals surface area contributed by atoms with Gasteiger partial charge in [0.05, 0.1) is 6.61 Å². The van der Waals surface area contributed by atoms with Gasteiger partial charge in [-0.15, -0.1) is 6.58 Å². The van der Waals surface area contributed by atoms with E-state index in [9.17, 15) is 4.79 Å². The lowest BCUT2D eigenvalue weighted by molar-refractivity contribution is -0.146. The second-order valence-corrected chi connectivity index (χ2v) is 7.06. The Morgan fingerprint density at radius 1 is 0.960 bits per heavy atom. The number of hydrogen-bond donors (Lipinski definition) is 0. The molecule has 25 heavy (non-hydrogen) atoms. The van der Waals surface area contributed by atoms with E-state index >= 15 is 0 Å². The molecule has 0 saturated heterocycles. The molecular weight excluding hydrogens is 328 g/mol. The number of carbonyl (C=O) groups is 1. The Kier molecular flexibility index (Phi) is 18.8. The maximum atomic E-state index is 11.6. The molecule has 0 aromatic carbocycles. The van der Waals surface area contributed by atoms with Gasteiger partial charge in [-0.2, -0.15) is 0 Å². The molecule has 0 amide bonds. The van der Waals surface area contributed by atoms with Crippen LogP contribution in [-0.2, 0) is 14.0 Å². The van der Waals surface area contributed by atoms with Crippen molar-refractivity contribution in [3.63, 3.8) is 0 Å². The van der Waals surface area contributed by atoms with Crippen LogP contribution in [0, 0.1) is 0 Å².